The maximum Gasteiger partial charge on any atom is 0.258 e. The van der Waals surface area contributed by atoms with Gasteiger partial charge in [-0.3, -0.25) is 4.79 Å². The Bertz CT molecular complexity index is 728. The van der Waals surface area contributed by atoms with Crippen LogP contribution in [0.2, 0.25) is 0 Å². The Labute approximate surface area is 161 Å². The molecule has 27 heavy (non-hydrogen) atoms. The van der Waals surface area contributed by atoms with E-state index in [4.69, 9.17) is 14.2 Å². The fraction of sp³-hybridized carbons (Fsp3) is 0.409. The monoisotopic (exact) mass is 371 g/mol. The average molecular weight is 371 g/mol. The van der Waals surface area contributed by atoms with Crippen molar-refractivity contribution in [2.24, 2.45) is 0 Å². The molecule has 2 aromatic rings. The summed E-state index contributed by atoms with van der Waals surface area (Å²) in [5.41, 5.74) is 2.18. The van der Waals surface area contributed by atoms with Gasteiger partial charge < -0.3 is 19.5 Å². The first-order chi connectivity index (χ1) is 13.1. The highest BCUT2D eigenvalue weighted by Gasteiger charge is 2.13. The second-order valence-corrected chi connectivity index (χ2v) is 6.33. The van der Waals surface area contributed by atoms with E-state index in [-0.39, 0.29) is 18.6 Å². The molecule has 0 aliphatic carbocycles. The predicted octanol–water partition coefficient (Wildman–Crippen LogP) is 4.30. The van der Waals surface area contributed by atoms with Gasteiger partial charge in [-0.15, -0.1) is 0 Å². The molecule has 0 aromatic heterocycles. The third kappa shape index (κ3) is 6.20. The summed E-state index contributed by atoms with van der Waals surface area (Å²) in [5, 5.41) is 2.94. The SMILES string of the molecule is CCCOc1ccc(C(C)NC(=O)COc2ccc(CC)cc2)cc1OC. The number of carbonyl (C=O) groups is 1. The summed E-state index contributed by atoms with van der Waals surface area (Å²) in [6.45, 7) is 6.69. The zero-order valence-electron chi connectivity index (χ0n) is 16.6. The zero-order chi connectivity index (χ0) is 19.6. The number of nitrogens with one attached hydrogen (secondary N) is 1. The summed E-state index contributed by atoms with van der Waals surface area (Å²) in [4.78, 5) is 12.2. The number of carbonyl (C=O) groups excluding carboxylic acids is 1. The molecular weight excluding hydrogens is 342 g/mol. The smallest absolute Gasteiger partial charge is 0.258 e. The van der Waals surface area contributed by atoms with E-state index in [0.29, 0.717) is 23.9 Å². The molecule has 5 heteroatoms. The van der Waals surface area contributed by atoms with Crippen LogP contribution in [0, 0.1) is 0 Å². The van der Waals surface area contributed by atoms with Crippen molar-refractivity contribution in [1.82, 2.24) is 5.32 Å². The fourth-order valence-electron chi connectivity index (χ4n) is 2.62. The normalized spacial score (nSPS) is 11.6. The molecule has 2 aromatic carbocycles. The van der Waals surface area contributed by atoms with E-state index in [2.05, 4.69) is 19.2 Å². The Morgan fingerprint density at radius 3 is 2.41 bits per heavy atom. The maximum atomic E-state index is 12.2. The number of hydrogen-bond donors (Lipinski definition) is 1. The molecule has 1 amide bonds. The van der Waals surface area contributed by atoms with Crippen LogP contribution in [-0.2, 0) is 11.2 Å². The van der Waals surface area contributed by atoms with E-state index in [9.17, 15) is 4.79 Å². The Hall–Kier alpha value is -2.69. The van der Waals surface area contributed by atoms with Crippen LogP contribution in [0.25, 0.3) is 0 Å². The van der Waals surface area contributed by atoms with Gasteiger partial charge in [-0.2, -0.15) is 0 Å². The summed E-state index contributed by atoms with van der Waals surface area (Å²) in [7, 11) is 1.61. The second kappa shape index (κ2) is 10.5. The lowest BCUT2D eigenvalue weighted by Crippen LogP contribution is -2.31. The summed E-state index contributed by atoms with van der Waals surface area (Å²) in [6.07, 6.45) is 1.91. The quantitative estimate of drug-likeness (QED) is 0.676. The summed E-state index contributed by atoms with van der Waals surface area (Å²) < 4.78 is 16.6. The highest BCUT2D eigenvalue weighted by molar-refractivity contribution is 5.78. The number of rotatable bonds is 10. The van der Waals surface area contributed by atoms with Crippen LogP contribution in [-0.4, -0.2) is 26.2 Å². The van der Waals surface area contributed by atoms with Crippen molar-refractivity contribution in [2.45, 2.75) is 39.7 Å². The molecule has 1 N–H and O–H groups in total. The van der Waals surface area contributed by atoms with Crippen LogP contribution >= 0.6 is 0 Å². The molecule has 0 aliphatic rings. The minimum absolute atomic E-state index is 0.0232. The highest BCUT2D eigenvalue weighted by Crippen LogP contribution is 2.30. The first-order valence-electron chi connectivity index (χ1n) is 9.39. The summed E-state index contributed by atoms with van der Waals surface area (Å²) in [5.74, 6) is 1.89. The Morgan fingerprint density at radius 2 is 1.78 bits per heavy atom. The van der Waals surface area contributed by atoms with E-state index >= 15 is 0 Å². The molecule has 0 aliphatic heterocycles. The number of hydrogen-bond acceptors (Lipinski definition) is 4. The molecule has 2 rings (SSSR count). The molecule has 146 valence electrons. The lowest BCUT2D eigenvalue weighted by Gasteiger charge is -2.17. The maximum absolute atomic E-state index is 12.2. The minimum atomic E-state index is -0.174. The van der Waals surface area contributed by atoms with Gasteiger partial charge >= 0.3 is 0 Å². The van der Waals surface area contributed by atoms with Gasteiger partial charge in [-0.05, 0) is 55.2 Å². The van der Waals surface area contributed by atoms with Crippen molar-refractivity contribution in [3.63, 3.8) is 0 Å². The van der Waals surface area contributed by atoms with E-state index in [1.54, 1.807) is 7.11 Å². The Balaban J connectivity index is 1.90. The van der Waals surface area contributed by atoms with E-state index in [0.717, 1.165) is 18.4 Å². The van der Waals surface area contributed by atoms with Crippen molar-refractivity contribution >= 4 is 5.91 Å². The van der Waals surface area contributed by atoms with Crippen LogP contribution in [0.1, 0.15) is 44.4 Å². The second-order valence-electron chi connectivity index (χ2n) is 6.33. The van der Waals surface area contributed by atoms with Crippen LogP contribution in [0.3, 0.4) is 0 Å². The van der Waals surface area contributed by atoms with Crippen LogP contribution in [0.15, 0.2) is 42.5 Å². The molecule has 1 unspecified atom stereocenters. The van der Waals surface area contributed by atoms with Crippen molar-refractivity contribution in [3.8, 4) is 17.2 Å². The topological polar surface area (TPSA) is 56.8 Å². The highest BCUT2D eigenvalue weighted by atomic mass is 16.5. The van der Waals surface area contributed by atoms with Gasteiger partial charge in [0.15, 0.2) is 18.1 Å². The lowest BCUT2D eigenvalue weighted by atomic mass is 10.1. The number of methoxy groups -OCH3 is 1. The van der Waals surface area contributed by atoms with Crippen LogP contribution < -0.4 is 19.5 Å². The van der Waals surface area contributed by atoms with E-state index in [1.807, 2.05) is 49.4 Å². The zero-order valence-corrected chi connectivity index (χ0v) is 16.6. The molecule has 5 nitrogen and oxygen atoms in total. The third-order valence-electron chi connectivity index (χ3n) is 4.23. The Kier molecular flexibility index (Phi) is 7.99. The number of ether oxygens (including phenoxy) is 3. The van der Waals surface area contributed by atoms with E-state index < -0.39 is 0 Å². The van der Waals surface area contributed by atoms with E-state index in [1.165, 1.54) is 5.56 Å². The molecule has 0 radical (unpaired) electrons. The van der Waals surface area contributed by atoms with Gasteiger partial charge in [0.25, 0.3) is 5.91 Å². The fourth-order valence-corrected chi connectivity index (χ4v) is 2.62. The summed E-state index contributed by atoms with van der Waals surface area (Å²) >= 11 is 0. The van der Waals surface area contributed by atoms with Gasteiger partial charge in [0.1, 0.15) is 5.75 Å². The van der Waals surface area contributed by atoms with Gasteiger partial charge in [-0.25, -0.2) is 0 Å². The number of amides is 1. The first kappa shape index (κ1) is 20.6. The first-order valence-corrected chi connectivity index (χ1v) is 9.39. The van der Waals surface area contributed by atoms with Gasteiger partial charge in [0, 0.05) is 0 Å². The molecule has 0 fully saturated rings. The largest absolute Gasteiger partial charge is 0.493 e. The molecular formula is C22H29NO4. The van der Waals surface area contributed by atoms with Crippen LogP contribution in [0.5, 0.6) is 17.2 Å². The predicted molar refractivity (Wildman–Crippen MR) is 107 cm³/mol. The number of aryl methyl sites for hydroxylation is 1. The molecule has 0 heterocycles. The molecule has 0 spiro atoms. The standard InChI is InChI=1S/C22H29NO4/c1-5-13-26-20-12-9-18(14-21(20)25-4)16(3)23-22(24)15-27-19-10-7-17(6-2)8-11-19/h7-12,14,16H,5-6,13,15H2,1-4H3,(H,23,24). The van der Waals surface area contributed by atoms with Crippen molar-refractivity contribution in [2.75, 3.05) is 20.3 Å². The van der Waals surface area contributed by atoms with Crippen LogP contribution in [0.4, 0.5) is 0 Å². The van der Waals surface area contributed by atoms with Gasteiger partial charge in [-0.1, -0.05) is 32.0 Å². The molecule has 0 saturated heterocycles. The van der Waals surface area contributed by atoms with Crippen molar-refractivity contribution < 1.29 is 19.0 Å². The molecule has 0 bridgehead atoms. The lowest BCUT2D eigenvalue weighted by molar-refractivity contribution is -0.123. The molecule has 1 atom stereocenters. The third-order valence-corrected chi connectivity index (χ3v) is 4.23. The molecule has 0 saturated carbocycles. The van der Waals surface area contributed by atoms with Crippen molar-refractivity contribution in [1.29, 1.82) is 0 Å². The van der Waals surface area contributed by atoms with Gasteiger partial charge in [0.2, 0.25) is 0 Å². The minimum Gasteiger partial charge on any atom is -0.493 e. The average Bonchev–Trinajstić information content (AvgIpc) is 2.70. The van der Waals surface area contributed by atoms with Crippen molar-refractivity contribution in [3.05, 3.63) is 53.6 Å². The Morgan fingerprint density at radius 1 is 1.04 bits per heavy atom. The van der Waals surface area contributed by atoms with Gasteiger partial charge in [0.05, 0.1) is 19.8 Å². The number of benzene rings is 2. The summed E-state index contributed by atoms with van der Waals surface area (Å²) in [6, 6.07) is 13.3.